The molecule has 1 aliphatic heterocycles. The second-order valence-corrected chi connectivity index (χ2v) is 9.21. The number of hydrogen-bond acceptors (Lipinski definition) is 10. The first-order chi connectivity index (χ1) is 19.2. The fourth-order valence-corrected chi connectivity index (χ4v) is 4.62. The molecule has 200 valence electrons. The number of benzene rings is 4. The van der Waals surface area contributed by atoms with Crippen LogP contribution in [-0.4, -0.2) is 31.3 Å². The lowest BCUT2D eigenvalue weighted by Crippen LogP contribution is -2.20. The topological polar surface area (TPSA) is 167 Å². The van der Waals surface area contributed by atoms with E-state index in [1.165, 1.54) is 36.4 Å². The summed E-state index contributed by atoms with van der Waals surface area (Å²) in [6, 6.07) is 16.9. The van der Waals surface area contributed by atoms with Crippen molar-refractivity contribution >= 4 is 16.8 Å². The first-order valence-electron chi connectivity index (χ1n) is 12.0. The van der Waals surface area contributed by atoms with Crippen molar-refractivity contribution in [1.29, 1.82) is 0 Å². The van der Waals surface area contributed by atoms with Crippen LogP contribution in [0.5, 0.6) is 46.0 Å². The van der Waals surface area contributed by atoms with Crippen molar-refractivity contribution in [2.24, 2.45) is 0 Å². The normalized spacial score (nSPS) is 14.5. The van der Waals surface area contributed by atoms with Crippen LogP contribution in [0.1, 0.15) is 28.4 Å². The number of fused-ring (bicyclic) bond motifs is 2. The summed E-state index contributed by atoms with van der Waals surface area (Å²) < 4.78 is 17.3. The van der Waals surface area contributed by atoms with Crippen LogP contribution in [0.15, 0.2) is 82.0 Å². The predicted octanol–water partition coefficient (Wildman–Crippen LogP) is 5.49. The van der Waals surface area contributed by atoms with Gasteiger partial charge in [0.25, 0.3) is 0 Å². The molecular formula is C30H20O10. The van der Waals surface area contributed by atoms with Gasteiger partial charge in [0, 0.05) is 29.8 Å². The van der Waals surface area contributed by atoms with Gasteiger partial charge in [0.2, 0.25) is 5.75 Å². The van der Waals surface area contributed by atoms with Crippen molar-refractivity contribution in [1.82, 2.24) is 0 Å². The van der Waals surface area contributed by atoms with Crippen molar-refractivity contribution in [3.63, 3.8) is 0 Å². The van der Waals surface area contributed by atoms with Gasteiger partial charge in [-0.1, -0.05) is 12.1 Å². The molecule has 1 atom stereocenters. The quantitative estimate of drug-likeness (QED) is 0.197. The molecule has 0 aliphatic carbocycles. The zero-order valence-electron chi connectivity index (χ0n) is 20.5. The molecule has 0 unspecified atom stereocenters. The van der Waals surface area contributed by atoms with E-state index >= 15 is 0 Å². The molecule has 5 aromatic rings. The number of phenols is 5. The minimum atomic E-state index is -0.690. The zero-order valence-corrected chi connectivity index (χ0v) is 20.5. The maximum atomic E-state index is 12.9. The molecule has 0 radical (unpaired) electrons. The van der Waals surface area contributed by atoms with E-state index in [1.54, 1.807) is 24.3 Å². The molecule has 1 aromatic heterocycles. The Balaban J connectivity index is 1.28. The van der Waals surface area contributed by atoms with Gasteiger partial charge in [-0.3, -0.25) is 9.59 Å². The number of hydrogen-bond donors (Lipinski definition) is 5. The van der Waals surface area contributed by atoms with Crippen molar-refractivity contribution in [3.05, 3.63) is 94.1 Å². The summed E-state index contributed by atoms with van der Waals surface area (Å²) in [5, 5.41) is 50.4. The van der Waals surface area contributed by atoms with Crippen LogP contribution in [0.4, 0.5) is 0 Å². The molecule has 0 spiro atoms. The number of carbonyl (C=O) groups excluding carboxylic acids is 1. The van der Waals surface area contributed by atoms with Crippen LogP contribution < -0.4 is 14.9 Å². The van der Waals surface area contributed by atoms with E-state index in [0.717, 1.165) is 12.1 Å². The highest BCUT2D eigenvalue weighted by Gasteiger charge is 2.31. The fraction of sp³-hybridized carbons (Fsp3) is 0.0667. The third-order valence-electron chi connectivity index (χ3n) is 6.54. The van der Waals surface area contributed by atoms with Gasteiger partial charge in [-0.25, -0.2) is 0 Å². The molecule has 0 amide bonds. The van der Waals surface area contributed by atoms with E-state index in [1.807, 2.05) is 0 Å². The summed E-state index contributed by atoms with van der Waals surface area (Å²) in [5.74, 6) is -1.89. The van der Waals surface area contributed by atoms with Gasteiger partial charge >= 0.3 is 0 Å². The second kappa shape index (κ2) is 9.28. The van der Waals surface area contributed by atoms with Crippen molar-refractivity contribution < 1.29 is 44.2 Å². The van der Waals surface area contributed by atoms with Crippen LogP contribution in [0.2, 0.25) is 0 Å². The number of phenolic OH excluding ortho intramolecular Hbond substituents is 5. The fourth-order valence-electron chi connectivity index (χ4n) is 4.62. The monoisotopic (exact) mass is 540 g/mol. The van der Waals surface area contributed by atoms with Gasteiger partial charge in [0.15, 0.2) is 22.7 Å². The number of carbonyl (C=O) groups is 1. The molecule has 6 rings (SSSR count). The molecule has 0 fully saturated rings. The lowest BCUT2D eigenvalue weighted by Gasteiger charge is -2.26. The van der Waals surface area contributed by atoms with E-state index in [2.05, 4.69) is 0 Å². The molecule has 0 saturated carbocycles. The lowest BCUT2D eigenvalue weighted by atomic mass is 9.95. The van der Waals surface area contributed by atoms with Crippen LogP contribution in [-0.2, 0) is 0 Å². The van der Waals surface area contributed by atoms with E-state index in [-0.39, 0.29) is 69.0 Å². The number of Topliss-reactive ketones (excluding diaryl/α,β-unsaturated/α-hetero) is 1. The average Bonchev–Trinajstić information content (AvgIpc) is 2.90. The lowest BCUT2D eigenvalue weighted by molar-refractivity contribution is 0.0845. The molecular weight excluding hydrogens is 520 g/mol. The Morgan fingerprint density at radius 3 is 2.23 bits per heavy atom. The second-order valence-electron chi connectivity index (χ2n) is 9.21. The number of ether oxygens (including phenoxy) is 2. The van der Waals surface area contributed by atoms with Gasteiger partial charge in [0.05, 0.1) is 6.42 Å². The van der Waals surface area contributed by atoms with E-state index in [0.29, 0.717) is 11.1 Å². The van der Waals surface area contributed by atoms with Crippen molar-refractivity contribution in [2.75, 3.05) is 0 Å². The number of ketones is 1. The Morgan fingerprint density at radius 1 is 0.775 bits per heavy atom. The van der Waals surface area contributed by atoms with Gasteiger partial charge in [-0.05, 0) is 42.0 Å². The third kappa shape index (κ3) is 4.27. The summed E-state index contributed by atoms with van der Waals surface area (Å²) in [4.78, 5) is 25.5. The van der Waals surface area contributed by atoms with Gasteiger partial charge in [-0.2, -0.15) is 0 Å². The standard InChI is InChI=1S/C30H20O10/c31-16-5-1-14(2-6-16)24-12-21(35)28-26(40-24)13-22(36)30(29(28)37)38-18-7-3-15(4-8-18)23-11-20(34)27-19(33)9-17(32)10-25(27)39-23/h1-10,12-13,23,31-33,36-37H,11H2/t23-/m1/s1. The summed E-state index contributed by atoms with van der Waals surface area (Å²) in [6.45, 7) is 0. The van der Waals surface area contributed by atoms with Crippen molar-refractivity contribution in [3.8, 4) is 57.3 Å². The Morgan fingerprint density at radius 2 is 1.50 bits per heavy atom. The maximum absolute atomic E-state index is 12.9. The van der Waals surface area contributed by atoms with Crippen LogP contribution in [0.3, 0.4) is 0 Å². The van der Waals surface area contributed by atoms with Gasteiger partial charge in [-0.15, -0.1) is 0 Å². The first-order valence-corrected chi connectivity index (χ1v) is 12.0. The molecule has 10 heteroatoms. The highest BCUT2D eigenvalue weighted by Crippen LogP contribution is 2.45. The summed E-state index contributed by atoms with van der Waals surface area (Å²) in [7, 11) is 0. The molecule has 1 aliphatic rings. The maximum Gasteiger partial charge on any atom is 0.211 e. The minimum Gasteiger partial charge on any atom is -0.508 e. The smallest absolute Gasteiger partial charge is 0.211 e. The SMILES string of the molecule is O=C1C[C@H](c2ccc(Oc3c(O)cc4oc(-c5ccc(O)cc5)cc(=O)c4c3O)cc2)Oc2cc(O)cc(O)c21. The molecule has 0 bridgehead atoms. The molecule has 5 N–H and O–H groups in total. The third-order valence-corrected chi connectivity index (χ3v) is 6.54. The van der Waals surface area contributed by atoms with Crippen molar-refractivity contribution in [2.45, 2.75) is 12.5 Å². The Hall–Kier alpha value is -5.64. The van der Waals surface area contributed by atoms with Gasteiger partial charge < -0.3 is 39.4 Å². The van der Waals surface area contributed by atoms with Crippen LogP contribution in [0, 0.1) is 0 Å². The van der Waals surface area contributed by atoms with E-state index in [4.69, 9.17) is 13.9 Å². The summed E-state index contributed by atoms with van der Waals surface area (Å²) >= 11 is 0. The Bertz CT molecular complexity index is 1850. The molecule has 2 heterocycles. The molecule has 10 nitrogen and oxygen atoms in total. The predicted molar refractivity (Wildman–Crippen MR) is 142 cm³/mol. The highest BCUT2D eigenvalue weighted by atomic mass is 16.5. The summed E-state index contributed by atoms with van der Waals surface area (Å²) in [5.41, 5.74) is 0.486. The molecule has 40 heavy (non-hydrogen) atoms. The number of rotatable bonds is 4. The minimum absolute atomic E-state index is 0.0101. The van der Waals surface area contributed by atoms with Crippen LogP contribution in [0.25, 0.3) is 22.3 Å². The Kier molecular flexibility index (Phi) is 5.73. The molecule has 4 aromatic carbocycles. The van der Waals surface area contributed by atoms with E-state index in [9.17, 15) is 35.1 Å². The Labute approximate surface area is 225 Å². The summed E-state index contributed by atoms with van der Waals surface area (Å²) in [6.07, 6.45) is -0.732. The largest absolute Gasteiger partial charge is 0.508 e. The average molecular weight is 540 g/mol. The van der Waals surface area contributed by atoms with Crippen LogP contribution >= 0.6 is 0 Å². The zero-order chi connectivity index (χ0) is 28.1. The highest BCUT2D eigenvalue weighted by molar-refractivity contribution is 6.02. The van der Waals surface area contributed by atoms with Gasteiger partial charge in [0.1, 0.15) is 57.1 Å². The number of aromatic hydroxyl groups is 5. The molecule has 0 saturated heterocycles. The van der Waals surface area contributed by atoms with E-state index < -0.39 is 23.0 Å². The first kappa shape index (κ1) is 24.7.